The Morgan fingerprint density at radius 3 is 2.37 bits per heavy atom. The molecule has 27 heavy (non-hydrogen) atoms. The minimum atomic E-state index is -4.72. The van der Waals surface area contributed by atoms with Gasteiger partial charge in [0.15, 0.2) is 5.58 Å². The summed E-state index contributed by atoms with van der Waals surface area (Å²) in [5.74, 6) is 0.339. The standard InChI is InChI=1S/C19H11F3N2O3/c20-19(21,22)26-14-7-4-12(5-8-14)13-6-9-16-15(11-13)18(24-27-16)25-17-3-1-2-10-23-17/h1-11H. The first kappa shape index (κ1) is 16.9. The van der Waals surface area contributed by atoms with Crippen molar-refractivity contribution in [1.29, 1.82) is 0 Å². The maximum atomic E-state index is 12.3. The molecule has 2 aromatic carbocycles. The molecule has 0 aliphatic heterocycles. The smallest absolute Gasteiger partial charge is 0.417 e. The largest absolute Gasteiger partial charge is 0.573 e. The van der Waals surface area contributed by atoms with Gasteiger partial charge in [-0.1, -0.05) is 24.3 Å². The highest BCUT2D eigenvalue weighted by molar-refractivity contribution is 5.87. The van der Waals surface area contributed by atoms with E-state index in [1.165, 1.54) is 24.3 Å². The van der Waals surface area contributed by atoms with Crippen LogP contribution in [-0.4, -0.2) is 16.5 Å². The van der Waals surface area contributed by atoms with Crippen molar-refractivity contribution >= 4 is 11.0 Å². The molecule has 0 spiro atoms. The second kappa shape index (κ2) is 6.64. The van der Waals surface area contributed by atoms with Crippen molar-refractivity contribution in [2.24, 2.45) is 0 Å². The summed E-state index contributed by atoms with van der Waals surface area (Å²) in [6, 6.07) is 16.1. The Morgan fingerprint density at radius 1 is 0.889 bits per heavy atom. The lowest BCUT2D eigenvalue weighted by atomic mass is 10.0. The maximum Gasteiger partial charge on any atom is 0.573 e. The van der Waals surface area contributed by atoms with Gasteiger partial charge in [0.25, 0.3) is 5.88 Å². The highest BCUT2D eigenvalue weighted by Gasteiger charge is 2.30. The predicted octanol–water partition coefficient (Wildman–Crippen LogP) is 5.58. The molecule has 0 N–H and O–H groups in total. The van der Waals surface area contributed by atoms with Crippen molar-refractivity contribution in [2.75, 3.05) is 0 Å². The van der Waals surface area contributed by atoms with E-state index in [0.717, 1.165) is 5.56 Å². The molecule has 0 saturated heterocycles. The molecule has 0 bridgehead atoms. The van der Waals surface area contributed by atoms with Gasteiger partial charge in [0.05, 0.1) is 5.39 Å². The van der Waals surface area contributed by atoms with Gasteiger partial charge >= 0.3 is 6.36 Å². The summed E-state index contributed by atoms with van der Waals surface area (Å²) in [5.41, 5.74) is 1.98. The van der Waals surface area contributed by atoms with Crippen LogP contribution in [-0.2, 0) is 0 Å². The lowest BCUT2D eigenvalue weighted by molar-refractivity contribution is -0.274. The number of aromatic nitrogens is 2. The zero-order chi connectivity index (χ0) is 18.9. The summed E-state index contributed by atoms with van der Waals surface area (Å²) in [4.78, 5) is 4.07. The molecule has 5 nitrogen and oxygen atoms in total. The van der Waals surface area contributed by atoms with Crippen LogP contribution in [0.2, 0.25) is 0 Å². The molecule has 2 aromatic heterocycles. The van der Waals surface area contributed by atoms with Gasteiger partial charge in [0, 0.05) is 12.3 Å². The normalized spacial score (nSPS) is 11.5. The highest BCUT2D eigenvalue weighted by atomic mass is 19.4. The summed E-state index contributed by atoms with van der Waals surface area (Å²) >= 11 is 0. The molecule has 0 atom stereocenters. The molecule has 0 aliphatic rings. The van der Waals surface area contributed by atoms with Crippen LogP contribution in [0.1, 0.15) is 0 Å². The fraction of sp³-hybridized carbons (Fsp3) is 0.0526. The molecule has 4 rings (SSSR count). The Bertz CT molecular complexity index is 1060. The molecule has 0 radical (unpaired) electrons. The van der Waals surface area contributed by atoms with E-state index in [1.54, 1.807) is 42.6 Å². The zero-order valence-electron chi connectivity index (χ0n) is 13.6. The molecule has 0 fully saturated rings. The Balaban J connectivity index is 1.64. The van der Waals surface area contributed by atoms with Crippen molar-refractivity contribution in [3.63, 3.8) is 0 Å². The van der Waals surface area contributed by atoms with Gasteiger partial charge in [-0.3, -0.25) is 0 Å². The van der Waals surface area contributed by atoms with Crippen molar-refractivity contribution in [2.45, 2.75) is 6.36 Å². The number of hydrogen-bond donors (Lipinski definition) is 0. The van der Waals surface area contributed by atoms with Crippen molar-refractivity contribution < 1.29 is 27.2 Å². The molecule has 0 unspecified atom stereocenters. The van der Waals surface area contributed by atoms with Crippen LogP contribution in [0.15, 0.2) is 71.4 Å². The van der Waals surface area contributed by atoms with Crippen LogP contribution in [0, 0.1) is 0 Å². The maximum absolute atomic E-state index is 12.3. The van der Waals surface area contributed by atoms with Crippen LogP contribution in [0.4, 0.5) is 13.2 Å². The van der Waals surface area contributed by atoms with Crippen LogP contribution < -0.4 is 9.47 Å². The zero-order valence-corrected chi connectivity index (χ0v) is 13.6. The third-order valence-corrected chi connectivity index (χ3v) is 3.70. The molecule has 0 amide bonds. The first-order chi connectivity index (χ1) is 13.0. The average molecular weight is 372 g/mol. The molecule has 136 valence electrons. The topological polar surface area (TPSA) is 57.4 Å². The average Bonchev–Trinajstić information content (AvgIpc) is 3.04. The van der Waals surface area contributed by atoms with Crippen molar-refractivity contribution in [3.05, 3.63) is 66.9 Å². The molecule has 8 heteroatoms. The van der Waals surface area contributed by atoms with Crippen LogP contribution in [0.3, 0.4) is 0 Å². The van der Waals surface area contributed by atoms with E-state index in [-0.39, 0.29) is 11.6 Å². The van der Waals surface area contributed by atoms with Gasteiger partial charge in [0.2, 0.25) is 5.88 Å². The van der Waals surface area contributed by atoms with Gasteiger partial charge in [-0.05, 0) is 46.6 Å². The summed E-state index contributed by atoms with van der Waals surface area (Å²) in [7, 11) is 0. The van der Waals surface area contributed by atoms with Gasteiger partial charge in [0.1, 0.15) is 5.75 Å². The van der Waals surface area contributed by atoms with E-state index in [4.69, 9.17) is 9.26 Å². The summed E-state index contributed by atoms with van der Waals surface area (Å²) in [6.45, 7) is 0. The van der Waals surface area contributed by atoms with Crippen molar-refractivity contribution in [3.8, 4) is 28.6 Å². The van der Waals surface area contributed by atoms with E-state index >= 15 is 0 Å². The summed E-state index contributed by atoms with van der Waals surface area (Å²) in [6.07, 6.45) is -3.13. The molecular weight excluding hydrogens is 361 g/mol. The summed E-state index contributed by atoms with van der Waals surface area (Å²) in [5, 5.41) is 4.52. The lowest BCUT2D eigenvalue weighted by Crippen LogP contribution is -2.16. The fourth-order valence-corrected chi connectivity index (χ4v) is 2.53. The van der Waals surface area contributed by atoms with E-state index < -0.39 is 6.36 Å². The van der Waals surface area contributed by atoms with E-state index in [1.807, 2.05) is 0 Å². The number of nitrogens with zero attached hydrogens (tertiary/aromatic N) is 2. The second-order valence-electron chi connectivity index (χ2n) is 5.54. The van der Waals surface area contributed by atoms with Crippen LogP contribution in [0.25, 0.3) is 22.1 Å². The van der Waals surface area contributed by atoms with E-state index in [2.05, 4.69) is 14.9 Å². The Labute approximate surface area is 151 Å². The summed E-state index contributed by atoms with van der Waals surface area (Å²) < 4.78 is 51.6. The number of ether oxygens (including phenoxy) is 2. The quantitative estimate of drug-likeness (QED) is 0.468. The Hall–Kier alpha value is -3.55. The van der Waals surface area contributed by atoms with Crippen molar-refractivity contribution in [1.82, 2.24) is 10.1 Å². The molecule has 0 saturated carbocycles. The Kier molecular flexibility index (Phi) is 4.15. The minimum Gasteiger partial charge on any atom is -0.417 e. The molecular formula is C19H11F3N2O3. The third-order valence-electron chi connectivity index (χ3n) is 3.70. The van der Waals surface area contributed by atoms with Crippen LogP contribution in [0.5, 0.6) is 17.5 Å². The van der Waals surface area contributed by atoms with Gasteiger partial charge in [-0.2, -0.15) is 0 Å². The number of rotatable bonds is 4. The Morgan fingerprint density at radius 2 is 1.67 bits per heavy atom. The first-order valence-corrected chi connectivity index (χ1v) is 7.82. The number of hydrogen-bond acceptors (Lipinski definition) is 5. The lowest BCUT2D eigenvalue weighted by Gasteiger charge is -2.09. The highest BCUT2D eigenvalue weighted by Crippen LogP contribution is 2.33. The first-order valence-electron chi connectivity index (χ1n) is 7.82. The number of halogens is 3. The molecule has 2 heterocycles. The molecule has 4 aromatic rings. The molecule has 0 aliphatic carbocycles. The number of alkyl halides is 3. The minimum absolute atomic E-state index is 0.252. The van der Waals surface area contributed by atoms with Crippen LogP contribution >= 0.6 is 0 Å². The monoisotopic (exact) mass is 372 g/mol. The second-order valence-corrected chi connectivity index (χ2v) is 5.54. The number of fused-ring (bicyclic) bond motifs is 1. The van der Waals surface area contributed by atoms with Gasteiger partial charge in [-0.15, -0.1) is 13.2 Å². The SMILES string of the molecule is FC(F)(F)Oc1ccc(-c2ccc3onc(Oc4ccccn4)c3c2)cc1. The van der Waals surface area contributed by atoms with E-state index in [0.29, 0.717) is 22.4 Å². The van der Waals surface area contributed by atoms with E-state index in [9.17, 15) is 13.2 Å². The van der Waals surface area contributed by atoms with Gasteiger partial charge < -0.3 is 14.0 Å². The fourth-order valence-electron chi connectivity index (χ4n) is 2.53. The number of pyridine rings is 1. The third kappa shape index (κ3) is 3.84. The van der Waals surface area contributed by atoms with Gasteiger partial charge in [-0.25, -0.2) is 4.98 Å². The predicted molar refractivity (Wildman–Crippen MR) is 90.4 cm³/mol. The number of benzene rings is 2.